The maximum atomic E-state index is 9.03. The number of hydrogen-bond donors (Lipinski definition) is 0. The minimum atomic E-state index is -0.526. The summed E-state index contributed by atoms with van der Waals surface area (Å²) in [5, 5.41) is 9.03. The van der Waals surface area contributed by atoms with Crippen molar-refractivity contribution >= 4 is 15.9 Å². The van der Waals surface area contributed by atoms with E-state index in [9.17, 15) is 0 Å². The van der Waals surface area contributed by atoms with E-state index < -0.39 is 5.41 Å². The summed E-state index contributed by atoms with van der Waals surface area (Å²) < 4.78 is 0.793. The maximum Gasteiger partial charge on any atom is 0.115 e. The lowest BCUT2D eigenvalue weighted by Crippen LogP contribution is -2.20. The summed E-state index contributed by atoms with van der Waals surface area (Å²) in [4.78, 5) is 7.97. The standard InChI is InChI=1S/C9H10BrN3/c1-3-9(2,5-11)8-7(10)4-12-6-13-8/h4,6H,3H2,1-2H3. The van der Waals surface area contributed by atoms with E-state index in [0.29, 0.717) is 0 Å². The third-order valence-electron chi connectivity index (χ3n) is 2.14. The van der Waals surface area contributed by atoms with Crippen molar-refractivity contribution in [3.05, 3.63) is 22.7 Å². The highest BCUT2D eigenvalue weighted by Gasteiger charge is 2.27. The molecular weight excluding hydrogens is 230 g/mol. The first kappa shape index (κ1) is 10.1. The Morgan fingerprint density at radius 1 is 1.69 bits per heavy atom. The zero-order chi connectivity index (χ0) is 9.90. The first-order valence-electron chi connectivity index (χ1n) is 4.01. The van der Waals surface area contributed by atoms with Crippen LogP contribution in [-0.4, -0.2) is 9.97 Å². The van der Waals surface area contributed by atoms with Crippen LogP contribution in [0.5, 0.6) is 0 Å². The molecule has 1 aromatic rings. The second kappa shape index (κ2) is 3.84. The molecule has 1 unspecified atom stereocenters. The maximum absolute atomic E-state index is 9.03. The molecule has 1 rings (SSSR count). The lowest BCUT2D eigenvalue weighted by atomic mass is 9.86. The van der Waals surface area contributed by atoms with Gasteiger partial charge < -0.3 is 0 Å². The summed E-state index contributed by atoms with van der Waals surface area (Å²) in [7, 11) is 0. The lowest BCUT2D eigenvalue weighted by Gasteiger charge is -2.19. The highest BCUT2D eigenvalue weighted by Crippen LogP contribution is 2.29. The molecule has 0 bridgehead atoms. The van der Waals surface area contributed by atoms with Gasteiger partial charge in [-0.3, -0.25) is 0 Å². The van der Waals surface area contributed by atoms with Crippen LogP contribution >= 0.6 is 15.9 Å². The monoisotopic (exact) mass is 239 g/mol. The molecule has 0 aliphatic rings. The number of nitriles is 1. The van der Waals surface area contributed by atoms with Gasteiger partial charge in [0.2, 0.25) is 0 Å². The van der Waals surface area contributed by atoms with Crippen molar-refractivity contribution < 1.29 is 0 Å². The van der Waals surface area contributed by atoms with Gasteiger partial charge in [-0.2, -0.15) is 5.26 Å². The summed E-state index contributed by atoms with van der Waals surface area (Å²) in [5.74, 6) is 0. The molecule has 0 radical (unpaired) electrons. The smallest absolute Gasteiger partial charge is 0.115 e. The van der Waals surface area contributed by atoms with Crippen molar-refractivity contribution in [3.63, 3.8) is 0 Å². The Bertz CT molecular complexity index is 345. The summed E-state index contributed by atoms with van der Waals surface area (Å²) in [6, 6.07) is 2.26. The molecule has 0 aliphatic carbocycles. The van der Waals surface area contributed by atoms with Gasteiger partial charge in [0.15, 0.2) is 0 Å². The van der Waals surface area contributed by atoms with E-state index in [-0.39, 0.29) is 0 Å². The number of hydrogen-bond acceptors (Lipinski definition) is 3. The second-order valence-electron chi connectivity index (χ2n) is 3.02. The third-order valence-corrected chi connectivity index (χ3v) is 2.72. The number of nitrogens with zero attached hydrogens (tertiary/aromatic N) is 3. The van der Waals surface area contributed by atoms with Crippen LogP contribution in [-0.2, 0) is 5.41 Å². The van der Waals surface area contributed by atoms with Gasteiger partial charge in [-0.05, 0) is 29.3 Å². The van der Waals surface area contributed by atoms with Crippen LogP contribution in [0, 0.1) is 11.3 Å². The second-order valence-corrected chi connectivity index (χ2v) is 3.87. The van der Waals surface area contributed by atoms with Crippen molar-refractivity contribution in [3.8, 4) is 6.07 Å². The third kappa shape index (κ3) is 1.86. The number of halogens is 1. The van der Waals surface area contributed by atoms with Gasteiger partial charge in [-0.1, -0.05) is 6.92 Å². The Hall–Kier alpha value is -0.950. The van der Waals surface area contributed by atoms with E-state index in [2.05, 4.69) is 32.0 Å². The van der Waals surface area contributed by atoms with Crippen LogP contribution in [0.4, 0.5) is 0 Å². The van der Waals surface area contributed by atoms with Crippen molar-refractivity contribution in [2.45, 2.75) is 25.7 Å². The molecule has 0 fully saturated rings. The van der Waals surface area contributed by atoms with Gasteiger partial charge in [-0.15, -0.1) is 0 Å². The average Bonchev–Trinajstić information content (AvgIpc) is 2.17. The van der Waals surface area contributed by atoms with Gasteiger partial charge in [-0.25, -0.2) is 9.97 Å². The van der Waals surface area contributed by atoms with Gasteiger partial charge >= 0.3 is 0 Å². The van der Waals surface area contributed by atoms with Crippen LogP contribution in [0.15, 0.2) is 17.0 Å². The first-order chi connectivity index (χ1) is 6.14. The molecule has 1 heterocycles. The molecule has 0 aliphatic heterocycles. The van der Waals surface area contributed by atoms with E-state index in [1.807, 2.05) is 13.8 Å². The predicted octanol–water partition coefficient (Wildman–Crippen LogP) is 2.43. The zero-order valence-corrected chi connectivity index (χ0v) is 9.17. The summed E-state index contributed by atoms with van der Waals surface area (Å²) in [5.41, 5.74) is 0.231. The molecule has 3 nitrogen and oxygen atoms in total. The molecule has 0 saturated heterocycles. The molecule has 0 saturated carbocycles. The van der Waals surface area contributed by atoms with Crippen molar-refractivity contribution in [1.82, 2.24) is 9.97 Å². The van der Waals surface area contributed by atoms with E-state index in [4.69, 9.17) is 5.26 Å². The molecule has 1 aromatic heterocycles. The molecule has 0 spiro atoms. The van der Waals surface area contributed by atoms with Gasteiger partial charge in [0, 0.05) is 6.20 Å². The van der Waals surface area contributed by atoms with E-state index in [0.717, 1.165) is 16.6 Å². The fraction of sp³-hybridized carbons (Fsp3) is 0.444. The fourth-order valence-corrected chi connectivity index (χ4v) is 1.68. The Labute approximate surface area is 86.0 Å². The van der Waals surface area contributed by atoms with Crippen LogP contribution in [0.3, 0.4) is 0 Å². The molecule has 1 atom stereocenters. The summed E-state index contributed by atoms with van der Waals surface area (Å²) >= 11 is 3.34. The highest BCUT2D eigenvalue weighted by atomic mass is 79.9. The highest BCUT2D eigenvalue weighted by molar-refractivity contribution is 9.10. The topological polar surface area (TPSA) is 49.6 Å². The molecule has 4 heteroatoms. The van der Waals surface area contributed by atoms with Crippen LogP contribution < -0.4 is 0 Å². The van der Waals surface area contributed by atoms with E-state index >= 15 is 0 Å². The predicted molar refractivity (Wildman–Crippen MR) is 53.0 cm³/mol. The normalized spacial score (nSPS) is 14.6. The minimum Gasteiger partial charge on any atom is -0.244 e. The quantitative estimate of drug-likeness (QED) is 0.797. The Kier molecular flexibility index (Phi) is 2.99. The Morgan fingerprint density at radius 3 is 2.85 bits per heavy atom. The molecular formula is C9H10BrN3. The SMILES string of the molecule is CCC(C)(C#N)c1ncncc1Br. The largest absolute Gasteiger partial charge is 0.244 e. The van der Waals surface area contributed by atoms with Crippen LogP contribution in [0.25, 0.3) is 0 Å². The van der Waals surface area contributed by atoms with E-state index in [1.54, 1.807) is 6.20 Å². The summed E-state index contributed by atoms with van der Waals surface area (Å²) in [6.45, 7) is 3.85. The van der Waals surface area contributed by atoms with Crippen molar-refractivity contribution in [1.29, 1.82) is 5.26 Å². The Morgan fingerprint density at radius 2 is 2.38 bits per heavy atom. The lowest BCUT2D eigenvalue weighted by molar-refractivity contribution is 0.563. The molecule has 0 aromatic carbocycles. The van der Waals surface area contributed by atoms with Crippen molar-refractivity contribution in [2.24, 2.45) is 0 Å². The minimum absolute atomic E-state index is 0.526. The van der Waals surface area contributed by atoms with Crippen molar-refractivity contribution in [2.75, 3.05) is 0 Å². The zero-order valence-electron chi connectivity index (χ0n) is 7.58. The molecule has 13 heavy (non-hydrogen) atoms. The number of aromatic nitrogens is 2. The van der Waals surface area contributed by atoms with Gasteiger partial charge in [0.05, 0.1) is 21.7 Å². The summed E-state index contributed by atoms with van der Waals surface area (Å²) in [6.07, 6.45) is 3.86. The first-order valence-corrected chi connectivity index (χ1v) is 4.80. The molecule has 0 amide bonds. The van der Waals surface area contributed by atoms with E-state index in [1.165, 1.54) is 6.33 Å². The van der Waals surface area contributed by atoms with Crippen LogP contribution in [0.2, 0.25) is 0 Å². The average molecular weight is 240 g/mol. The number of rotatable bonds is 2. The van der Waals surface area contributed by atoms with Gasteiger partial charge in [0.1, 0.15) is 6.33 Å². The van der Waals surface area contributed by atoms with Crippen LogP contribution in [0.1, 0.15) is 26.0 Å². The molecule has 0 N–H and O–H groups in total. The fourth-order valence-electron chi connectivity index (χ4n) is 1.02. The van der Waals surface area contributed by atoms with Gasteiger partial charge in [0.25, 0.3) is 0 Å². The molecule has 68 valence electrons. The Balaban J connectivity index is 3.22.